The van der Waals surface area contributed by atoms with E-state index in [0.717, 1.165) is 24.8 Å². The van der Waals surface area contributed by atoms with Crippen LogP contribution in [0.5, 0.6) is 5.75 Å². The van der Waals surface area contributed by atoms with Crippen LogP contribution in [0.3, 0.4) is 0 Å². The molecule has 0 aliphatic rings. The monoisotopic (exact) mass is 284 g/mol. The molecule has 1 unspecified atom stereocenters. The van der Waals surface area contributed by atoms with E-state index in [9.17, 15) is 4.79 Å². The summed E-state index contributed by atoms with van der Waals surface area (Å²) in [5.41, 5.74) is 0.901. The van der Waals surface area contributed by atoms with Crippen molar-refractivity contribution in [1.82, 2.24) is 0 Å². The Hall–Kier alpha value is -1.22. The smallest absolute Gasteiger partial charge is 0.347 e. The van der Waals surface area contributed by atoms with E-state index in [1.807, 2.05) is 6.92 Å². The number of hydrogen-bond acceptors (Lipinski definition) is 3. The molecule has 0 saturated carbocycles. The van der Waals surface area contributed by atoms with Crippen LogP contribution in [0, 0.1) is 6.92 Å². The van der Waals surface area contributed by atoms with Gasteiger partial charge >= 0.3 is 5.97 Å². The first-order valence-corrected chi connectivity index (χ1v) is 7.01. The van der Waals surface area contributed by atoms with Crippen LogP contribution in [0.15, 0.2) is 18.2 Å². The predicted octanol–water partition coefficient (Wildman–Crippen LogP) is 4.15. The van der Waals surface area contributed by atoms with Gasteiger partial charge in [0.05, 0.1) is 6.61 Å². The first-order valence-electron chi connectivity index (χ1n) is 6.64. The largest absolute Gasteiger partial charge is 0.479 e. The van der Waals surface area contributed by atoms with Gasteiger partial charge < -0.3 is 9.47 Å². The lowest BCUT2D eigenvalue weighted by Gasteiger charge is -2.15. The number of benzene rings is 1. The molecule has 1 aromatic carbocycles. The summed E-state index contributed by atoms with van der Waals surface area (Å²) in [6.07, 6.45) is 2.46. The van der Waals surface area contributed by atoms with E-state index in [1.54, 1.807) is 25.1 Å². The van der Waals surface area contributed by atoms with Crippen molar-refractivity contribution in [2.24, 2.45) is 0 Å². The van der Waals surface area contributed by atoms with Crippen molar-refractivity contribution in [1.29, 1.82) is 0 Å². The van der Waals surface area contributed by atoms with Gasteiger partial charge in [0.15, 0.2) is 6.10 Å². The van der Waals surface area contributed by atoms with E-state index < -0.39 is 6.10 Å². The molecular formula is C15H21ClO3. The van der Waals surface area contributed by atoms with Crippen LogP contribution >= 0.6 is 11.6 Å². The average molecular weight is 285 g/mol. The van der Waals surface area contributed by atoms with E-state index in [-0.39, 0.29) is 5.97 Å². The Morgan fingerprint density at radius 2 is 2.11 bits per heavy atom. The van der Waals surface area contributed by atoms with Crippen LogP contribution in [-0.2, 0) is 9.53 Å². The zero-order valence-corrected chi connectivity index (χ0v) is 12.5. The molecule has 0 saturated heterocycles. The highest BCUT2D eigenvalue weighted by molar-refractivity contribution is 6.30. The third-order valence-corrected chi connectivity index (χ3v) is 3.00. The Bertz CT molecular complexity index is 418. The van der Waals surface area contributed by atoms with E-state index in [4.69, 9.17) is 21.1 Å². The summed E-state index contributed by atoms with van der Waals surface area (Å²) in [6.45, 7) is 6.15. The quantitative estimate of drug-likeness (QED) is 0.557. The topological polar surface area (TPSA) is 35.5 Å². The molecule has 19 heavy (non-hydrogen) atoms. The summed E-state index contributed by atoms with van der Waals surface area (Å²) < 4.78 is 10.7. The Kier molecular flexibility index (Phi) is 6.71. The SMILES string of the molecule is CCCCCOC(=O)C(C)Oc1ccc(Cl)cc1C. The number of carbonyl (C=O) groups is 1. The third-order valence-electron chi connectivity index (χ3n) is 2.76. The van der Waals surface area contributed by atoms with Crippen molar-refractivity contribution in [2.75, 3.05) is 6.61 Å². The first-order chi connectivity index (χ1) is 9.04. The van der Waals surface area contributed by atoms with Crippen molar-refractivity contribution in [2.45, 2.75) is 46.1 Å². The van der Waals surface area contributed by atoms with Gasteiger partial charge in [-0.15, -0.1) is 0 Å². The maximum atomic E-state index is 11.7. The van der Waals surface area contributed by atoms with Crippen molar-refractivity contribution >= 4 is 17.6 Å². The van der Waals surface area contributed by atoms with Gasteiger partial charge in [0.1, 0.15) is 5.75 Å². The van der Waals surface area contributed by atoms with Gasteiger partial charge in [0, 0.05) is 5.02 Å². The van der Waals surface area contributed by atoms with Gasteiger partial charge in [-0.1, -0.05) is 31.4 Å². The maximum Gasteiger partial charge on any atom is 0.347 e. The van der Waals surface area contributed by atoms with Crippen LogP contribution < -0.4 is 4.74 Å². The van der Waals surface area contributed by atoms with Gasteiger partial charge in [0.25, 0.3) is 0 Å². The summed E-state index contributed by atoms with van der Waals surface area (Å²) in [7, 11) is 0. The highest BCUT2D eigenvalue weighted by Gasteiger charge is 2.17. The zero-order chi connectivity index (χ0) is 14.3. The van der Waals surface area contributed by atoms with E-state index in [0.29, 0.717) is 17.4 Å². The number of unbranched alkanes of at least 4 members (excludes halogenated alkanes) is 2. The molecule has 1 atom stereocenters. The van der Waals surface area contributed by atoms with E-state index in [2.05, 4.69) is 6.92 Å². The Morgan fingerprint density at radius 3 is 2.74 bits per heavy atom. The fourth-order valence-electron chi connectivity index (χ4n) is 1.63. The summed E-state index contributed by atoms with van der Waals surface area (Å²) in [6, 6.07) is 5.30. The van der Waals surface area contributed by atoms with Crippen LogP contribution in [0.4, 0.5) is 0 Å². The first kappa shape index (κ1) is 15.8. The van der Waals surface area contributed by atoms with Gasteiger partial charge in [-0.2, -0.15) is 0 Å². The second-order valence-electron chi connectivity index (χ2n) is 4.54. The van der Waals surface area contributed by atoms with Gasteiger partial charge in [-0.05, 0) is 44.0 Å². The Balaban J connectivity index is 2.45. The highest BCUT2D eigenvalue weighted by atomic mass is 35.5. The molecule has 0 bridgehead atoms. The fraction of sp³-hybridized carbons (Fsp3) is 0.533. The van der Waals surface area contributed by atoms with E-state index in [1.165, 1.54) is 0 Å². The number of aryl methyl sites for hydroxylation is 1. The van der Waals surface area contributed by atoms with Crippen LogP contribution in [0.25, 0.3) is 0 Å². The molecule has 0 amide bonds. The van der Waals surface area contributed by atoms with E-state index >= 15 is 0 Å². The lowest BCUT2D eigenvalue weighted by Crippen LogP contribution is -2.26. The molecule has 0 aliphatic carbocycles. The predicted molar refractivity (Wildman–Crippen MR) is 76.8 cm³/mol. The molecule has 4 heteroatoms. The Morgan fingerprint density at radius 1 is 1.37 bits per heavy atom. The van der Waals surface area contributed by atoms with Crippen LogP contribution in [0.1, 0.15) is 38.7 Å². The summed E-state index contributed by atoms with van der Waals surface area (Å²) in [5, 5.41) is 0.652. The minimum Gasteiger partial charge on any atom is -0.479 e. The molecular weight excluding hydrogens is 264 g/mol. The number of esters is 1. The number of hydrogen-bond donors (Lipinski definition) is 0. The molecule has 1 aromatic rings. The minimum absolute atomic E-state index is 0.328. The van der Waals surface area contributed by atoms with Gasteiger partial charge in [-0.25, -0.2) is 4.79 Å². The van der Waals surface area contributed by atoms with Crippen molar-refractivity contribution in [3.8, 4) is 5.75 Å². The molecule has 0 aliphatic heterocycles. The molecule has 0 aromatic heterocycles. The van der Waals surface area contributed by atoms with Crippen molar-refractivity contribution in [3.63, 3.8) is 0 Å². The van der Waals surface area contributed by atoms with Gasteiger partial charge in [0.2, 0.25) is 0 Å². The fourth-order valence-corrected chi connectivity index (χ4v) is 1.85. The third kappa shape index (κ3) is 5.52. The molecule has 0 heterocycles. The standard InChI is InChI=1S/C15H21ClO3/c1-4-5-6-9-18-15(17)12(3)19-14-8-7-13(16)10-11(14)2/h7-8,10,12H,4-6,9H2,1-3H3. The van der Waals surface area contributed by atoms with Crippen molar-refractivity contribution < 1.29 is 14.3 Å². The lowest BCUT2D eigenvalue weighted by molar-refractivity contribution is -0.151. The second-order valence-corrected chi connectivity index (χ2v) is 4.98. The second kappa shape index (κ2) is 8.05. The lowest BCUT2D eigenvalue weighted by atomic mass is 10.2. The molecule has 1 rings (SSSR count). The number of rotatable bonds is 7. The highest BCUT2D eigenvalue weighted by Crippen LogP contribution is 2.23. The molecule has 3 nitrogen and oxygen atoms in total. The maximum absolute atomic E-state index is 11.7. The summed E-state index contributed by atoms with van der Waals surface area (Å²) in [5.74, 6) is 0.327. The Labute approximate surface area is 119 Å². The summed E-state index contributed by atoms with van der Waals surface area (Å²) >= 11 is 5.87. The number of ether oxygens (including phenoxy) is 2. The molecule has 0 radical (unpaired) electrons. The number of carbonyl (C=O) groups excluding carboxylic acids is 1. The minimum atomic E-state index is -0.610. The van der Waals surface area contributed by atoms with Crippen molar-refractivity contribution in [3.05, 3.63) is 28.8 Å². The van der Waals surface area contributed by atoms with Crippen LogP contribution in [-0.4, -0.2) is 18.7 Å². The number of halogens is 1. The van der Waals surface area contributed by atoms with Crippen LogP contribution in [0.2, 0.25) is 5.02 Å². The normalized spacial score (nSPS) is 12.0. The average Bonchev–Trinajstić information content (AvgIpc) is 2.37. The van der Waals surface area contributed by atoms with Gasteiger partial charge in [-0.3, -0.25) is 0 Å². The molecule has 0 spiro atoms. The zero-order valence-electron chi connectivity index (χ0n) is 11.7. The summed E-state index contributed by atoms with van der Waals surface area (Å²) in [4.78, 5) is 11.7. The molecule has 0 fully saturated rings. The molecule has 0 N–H and O–H groups in total. The molecule has 106 valence electrons.